The summed E-state index contributed by atoms with van der Waals surface area (Å²) in [7, 11) is 0. The summed E-state index contributed by atoms with van der Waals surface area (Å²) in [6.07, 6.45) is 5.02. The smallest absolute Gasteiger partial charge is 0.315 e. The molecule has 17 heavy (non-hydrogen) atoms. The summed E-state index contributed by atoms with van der Waals surface area (Å²) in [5.41, 5.74) is 0. The highest BCUT2D eigenvalue weighted by molar-refractivity contribution is 5.19. The lowest BCUT2D eigenvalue weighted by Gasteiger charge is -2.07. The average molecular weight is 238 g/mol. The van der Waals surface area contributed by atoms with E-state index in [2.05, 4.69) is 34.7 Å². The Morgan fingerprint density at radius 1 is 1.29 bits per heavy atom. The molecule has 0 radical (unpaired) electrons. The highest BCUT2D eigenvalue weighted by Crippen LogP contribution is 2.21. The predicted molar refractivity (Wildman–Crippen MR) is 66.7 cm³/mol. The number of aromatic nitrogens is 2. The molecule has 0 aromatic carbocycles. The van der Waals surface area contributed by atoms with E-state index >= 15 is 0 Å². The van der Waals surface area contributed by atoms with Gasteiger partial charge in [0.2, 0.25) is 5.89 Å². The van der Waals surface area contributed by atoms with Crippen LogP contribution in [0.4, 0.5) is 6.01 Å². The van der Waals surface area contributed by atoms with Crippen molar-refractivity contribution in [1.29, 1.82) is 0 Å². The Morgan fingerprint density at radius 3 is 2.76 bits per heavy atom. The highest BCUT2D eigenvalue weighted by atomic mass is 16.4. The minimum absolute atomic E-state index is 0.520. The second-order valence-electron chi connectivity index (χ2n) is 5.15. The van der Waals surface area contributed by atoms with E-state index in [1.807, 2.05) is 0 Å². The molecule has 0 amide bonds. The van der Waals surface area contributed by atoms with Crippen molar-refractivity contribution >= 4 is 6.01 Å². The van der Waals surface area contributed by atoms with Crippen LogP contribution in [0, 0.1) is 5.92 Å². The Kier molecular flexibility index (Phi) is 4.36. The molecule has 5 heteroatoms. The second kappa shape index (κ2) is 6.00. The summed E-state index contributed by atoms with van der Waals surface area (Å²) in [4.78, 5) is 0. The fourth-order valence-electron chi connectivity index (χ4n) is 2.10. The van der Waals surface area contributed by atoms with E-state index in [1.165, 1.54) is 25.7 Å². The first-order valence-corrected chi connectivity index (χ1v) is 6.53. The maximum atomic E-state index is 5.53. The largest absolute Gasteiger partial charge is 0.407 e. The van der Waals surface area contributed by atoms with Crippen LogP contribution < -0.4 is 10.6 Å². The zero-order valence-corrected chi connectivity index (χ0v) is 10.7. The van der Waals surface area contributed by atoms with Crippen molar-refractivity contribution in [3.05, 3.63) is 5.89 Å². The van der Waals surface area contributed by atoms with Gasteiger partial charge in [0, 0.05) is 6.04 Å². The summed E-state index contributed by atoms with van der Waals surface area (Å²) in [5, 5.41) is 14.6. The van der Waals surface area contributed by atoms with Crippen LogP contribution in [-0.4, -0.2) is 22.8 Å². The van der Waals surface area contributed by atoms with Crippen molar-refractivity contribution in [2.75, 3.05) is 11.9 Å². The van der Waals surface area contributed by atoms with E-state index in [-0.39, 0.29) is 0 Å². The molecule has 1 aromatic heterocycles. The summed E-state index contributed by atoms with van der Waals surface area (Å²) < 4.78 is 5.53. The van der Waals surface area contributed by atoms with Crippen molar-refractivity contribution in [2.24, 2.45) is 5.92 Å². The molecule has 1 aliphatic rings. The molecule has 1 heterocycles. The molecule has 5 nitrogen and oxygen atoms in total. The zero-order valence-electron chi connectivity index (χ0n) is 10.7. The Balaban J connectivity index is 1.75. The van der Waals surface area contributed by atoms with Crippen LogP contribution in [-0.2, 0) is 6.54 Å². The lowest BCUT2D eigenvalue weighted by Crippen LogP contribution is -2.19. The van der Waals surface area contributed by atoms with E-state index in [0.717, 1.165) is 6.54 Å². The van der Waals surface area contributed by atoms with Gasteiger partial charge in [-0.2, -0.15) is 0 Å². The van der Waals surface area contributed by atoms with Gasteiger partial charge in [0.25, 0.3) is 0 Å². The van der Waals surface area contributed by atoms with Gasteiger partial charge in [-0.3, -0.25) is 0 Å². The van der Waals surface area contributed by atoms with Gasteiger partial charge in [0.15, 0.2) is 0 Å². The minimum atomic E-state index is 0.520. The first kappa shape index (κ1) is 12.4. The number of nitrogens with zero attached hydrogens (tertiary/aromatic N) is 2. The van der Waals surface area contributed by atoms with Crippen molar-refractivity contribution in [3.63, 3.8) is 0 Å². The fourth-order valence-corrected chi connectivity index (χ4v) is 2.10. The van der Waals surface area contributed by atoms with Crippen LogP contribution in [0.2, 0.25) is 0 Å². The predicted octanol–water partition coefficient (Wildman–Crippen LogP) is 2.17. The van der Waals surface area contributed by atoms with Gasteiger partial charge in [-0.25, -0.2) is 0 Å². The molecule has 0 saturated heterocycles. The molecule has 0 unspecified atom stereocenters. The van der Waals surface area contributed by atoms with Crippen LogP contribution in [0.1, 0.15) is 45.4 Å². The van der Waals surface area contributed by atoms with Gasteiger partial charge < -0.3 is 15.1 Å². The number of rotatable bonds is 6. The van der Waals surface area contributed by atoms with Crippen LogP contribution in [0.5, 0.6) is 0 Å². The molecule has 1 saturated carbocycles. The third kappa shape index (κ3) is 4.00. The first-order chi connectivity index (χ1) is 8.24. The van der Waals surface area contributed by atoms with E-state index in [9.17, 15) is 0 Å². The third-order valence-corrected chi connectivity index (χ3v) is 2.98. The van der Waals surface area contributed by atoms with E-state index in [0.29, 0.717) is 30.4 Å². The minimum Gasteiger partial charge on any atom is -0.407 e. The average Bonchev–Trinajstić information content (AvgIpc) is 2.90. The van der Waals surface area contributed by atoms with Crippen molar-refractivity contribution in [3.8, 4) is 0 Å². The quantitative estimate of drug-likeness (QED) is 0.795. The maximum Gasteiger partial charge on any atom is 0.315 e. The van der Waals surface area contributed by atoms with E-state index < -0.39 is 0 Å². The molecule has 2 N–H and O–H groups in total. The van der Waals surface area contributed by atoms with E-state index in [1.54, 1.807) is 0 Å². The van der Waals surface area contributed by atoms with Crippen molar-refractivity contribution < 1.29 is 4.42 Å². The number of nitrogens with one attached hydrogen (secondary N) is 2. The van der Waals surface area contributed by atoms with Crippen LogP contribution in [0.15, 0.2) is 4.42 Å². The molecule has 1 aromatic rings. The highest BCUT2D eigenvalue weighted by Gasteiger charge is 2.17. The molecule has 96 valence electrons. The lowest BCUT2D eigenvalue weighted by molar-refractivity contribution is 0.455. The normalized spacial score (nSPS) is 16.9. The Labute approximate surface area is 102 Å². The Morgan fingerprint density at radius 2 is 2.06 bits per heavy atom. The Bertz CT molecular complexity index is 331. The molecular weight excluding hydrogens is 216 g/mol. The van der Waals surface area contributed by atoms with Gasteiger partial charge in [0.05, 0.1) is 6.54 Å². The standard InChI is InChI=1S/C12H22N4O/c1-9(2)7-13-8-11-15-16-12(17-11)14-10-5-3-4-6-10/h9-10,13H,3-8H2,1-2H3,(H,14,16). The SMILES string of the molecule is CC(C)CNCc1nnc(NC2CCCC2)o1. The van der Waals surface area contributed by atoms with Crippen molar-refractivity contribution in [2.45, 2.75) is 52.1 Å². The fraction of sp³-hybridized carbons (Fsp3) is 0.833. The first-order valence-electron chi connectivity index (χ1n) is 6.53. The number of hydrogen-bond acceptors (Lipinski definition) is 5. The lowest BCUT2D eigenvalue weighted by atomic mass is 10.2. The summed E-state index contributed by atoms with van der Waals surface area (Å²) in [5.74, 6) is 1.29. The van der Waals surface area contributed by atoms with Gasteiger partial charge in [-0.15, -0.1) is 5.10 Å². The van der Waals surface area contributed by atoms with Crippen LogP contribution in [0.25, 0.3) is 0 Å². The van der Waals surface area contributed by atoms with E-state index in [4.69, 9.17) is 4.42 Å². The number of hydrogen-bond donors (Lipinski definition) is 2. The molecular formula is C12H22N4O. The summed E-state index contributed by atoms with van der Waals surface area (Å²) in [6, 6.07) is 1.09. The van der Waals surface area contributed by atoms with Crippen LogP contribution in [0.3, 0.4) is 0 Å². The summed E-state index contributed by atoms with van der Waals surface area (Å²) in [6.45, 7) is 5.97. The molecule has 0 bridgehead atoms. The van der Waals surface area contributed by atoms with Gasteiger partial charge in [0.1, 0.15) is 0 Å². The van der Waals surface area contributed by atoms with Crippen molar-refractivity contribution in [1.82, 2.24) is 15.5 Å². The zero-order chi connectivity index (χ0) is 12.1. The van der Waals surface area contributed by atoms with Gasteiger partial charge in [-0.05, 0) is 25.3 Å². The van der Waals surface area contributed by atoms with Crippen LogP contribution >= 0.6 is 0 Å². The monoisotopic (exact) mass is 238 g/mol. The molecule has 0 atom stereocenters. The third-order valence-electron chi connectivity index (χ3n) is 2.98. The topological polar surface area (TPSA) is 63.0 Å². The Hall–Kier alpha value is -1.10. The molecule has 0 spiro atoms. The molecule has 0 aliphatic heterocycles. The molecule has 2 rings (SSSR count). The summed E-state index contributed by atoms with van der Waals surface area (Å²) >= 11 is 0. The molecule has 1 fully saturated rings. The second-order valence-corrected chi connectivity index (χ2v) is 5.15. The van der Waals surface area contributed by atoms with Gasteiger partial charge >= 0.3 is 6.01 Å². The molecule has 1 aliphatic carbocycles. The maximum absolute atomic E-state index is 5.53. The number of anilines is 1. The van der Waals surface area contributed by atoms with Gasteiger partial charge in [-0.1, -0.05) is 31.8 Å².